The van der Waals surface area contributed by atoms with Gasteiger partial charge in [0.25, 0.3) is 0 Å². The van der Waals surface area contributed by atoms with Crippen LogP contribution in [0.4, 0.5) is 0 Å². The number of halogens is 1. The molecule has 1 aliphatic rings. The summed E-state index contributed by atoms with van der Waals surface area (Å²) in [4.78, 5) is 10.6. The smallest absolute Gasteiger partial charge is 0.225 e. The Hall–Kier alpha value is -0.300. The third-order valence-electron chi connectivity index (χ3n) is 2.10. The zero-order valence-corrected chi connectivity index (χ0v) is 6.98. The summed E-state index contributed by atoms with van der Waals surface area (Å²) in [7, 11) is 0. The molecule has 2 heteroatoms. The molecule has 0 aromatic rings. The number of rotatable bonds is 2. The predicted molar refractivity (Wildman–Crippen MR) is 41.9 cm³/mol. The molecule has 0 aromatic carbocycles. The molecule has 1 saturated carbocycles. The number of allylic oxidation sites excluding steroid dienone is 2. The van der Waals surface area contributed by atoms with Gasteiger partial charge in [0.2, 0.25) is 5.24 Å². The molecule has 1 fully saturated rings. The molecular formula is C8H11ClO. The molecule has 2 unspecified atom stereocenters. The first kappa shape index (κ1) is 7.80. The Bertz CT molecular complexity index is 186. The zero-order chi connectivity index (χ0) is 7.78. The van der Waals surface area contributed by atoms with E-state index < -0.39 is 0 Å². The summed E-state index contributed by atoms with van der Waals surface area (Å²) in [6.07, 6.45) is 4.94. The third kappa shape index (κ3) is 1.24. The summed E-state index contributed by atoms with van der Waals surface area (Å²) < 4.78 is 0. The second kappa shape index (κ2) is 2.39. The first-order valence-electron chi connectivity index (χ1n) is 3.43. The van der Waals surface area contributed by atoms with Gasteiger partial charge in [0.15, 0.2) is 0 Å². The maximum atomic E-state index is 10.6. The molecule has 0 amide bonds. The molecule has 1 rings (SSSR count). The minimum Gasteiger partial charge on any atom is -0.281 e. The van der Waals surface area contributed by atoms with E-state index in [0.717, 1.165) is 6.42 Å². The number of hydrogen-bond acceptors (Lipinski definition) is 1. The molecule has 0 bridgehead atoms. The minimum atomic E-state index is -0.194. The first-order valence-corrected chi connectivity index (χ1v) is 3.81. The average Bonchev–Trinajstić information content (AvgIpc) is 2.43. The van der Waals surface area contributed by atoms with E-state index in [1.165, 1.54) is 0 Å². The molecule has 0 saturated heterocycles. The monoisotopic (exact) mass is 158 g/mol. The van der Waals surface area contributed by atoms with Crippen LogP contribution in [0.2, 0.25) is 0 Å². The normalized spacial score (nSPS) is 38.5. The lowest BCUT2D eigenvalue weighted by Gasteiger charge is -1.98. The van der Waals surface area contributed by atoms with Gasteiger partial charge in [0, 0.05) is 5.92 Å². The molecule has 56 valence electrons. The summed E-state index contributed by atoms with van der Waals surface area (Å²) in [5, 5.41) is -0.194. The van der Waals surface area contributed by atoms with Crippen LogP contribution >= 0.6 is 11.6 Å². The first-order chi connectivity index (χ1) is 4.60. The number of hydrogen-bond donors (Lipinski definition) is 0. The molecule has 0 aliphatic heterocycles. The standard InChI is InChI=1S/C8H11ClO/c1-3-4-8(2)5-6(8)7(9)10/h3-4,6H,5H2,1-2H3. The molecular weight excluding hydrogens is 148 g/mol. The Morgan fingerprint density at radius 3 is 2.70 bits per heavy atom. The van der Waals surface area contributed by atoms with Crippen molar-refractivity contribution >= 4 is 16.8 Å². The van der Waals surface area contributed by atoms with Crippen molar-refractivity contribution in [1.82, 2.24) is 0 Å². The highest BCUT2D eigenvalue weighted by molar-refractivity contribution is 6.64. The van der Waals surface area contributed by atoms with Crippen LogP contribution in [-0.2, 0) is 4.79 Å². The minimum absolute atomic E-state index is 0.0744. The van der Waals surface area contributed by atoms with Gasteiger partial charge >= 0.3 is 0 Å². The molecule has 0 heterocycles. The second-order valence-corrected chi connectivity index (χ2v) is 3.44. The van der Waals surface area contributed by atoms with E-state index in [1.807, 2.05) is 13.0 Å². The Labute approximate surface area is 66.1 Å². The van der Waals surface area contributed by atoms with Gasteiger partial charge in [-0.1, -0.05) is 19.1 Å². The largest absolute Gasteiger partial charge is 0.281 e. The maximum absolute atomic E-state index is 10.6. The van der Waals surface area contributed by atoms with Crippen LogP contribution in [0, 0.1) is 11.3 Å². The van der Waals surface area contributed by atoms with Crippen molar-refractivity contribution in [3.8, 4) is 0 Å². The highest BCUT2D eigenvalue weighted by Crippen LogP contribution is 2.54. The van der Waals surface area contributed by atoms with Gasteiger partial charge in [-0.05, 0) is 30.4 Å². The molecule has 10 heavy (non-hydrogen) atoms. The van der Waals surface area contributed by atoms with E-state index in [4.69, 9.17) is 11.6 Å². The van der Waals surface area contributed by atoms with E-state index in [9.17, 15) is 4.79 Å². The Balaban J connectivity index is 2.56. The highest BCUT2D eigenvalue weighted by atomic mass is 35.5. The molecule has 0 spiro atoms. The summed E-state index contributed by atoms with van der Waals surface area (Å²) in [5.74, 6) is 0.0744. The SMILES string of the molecule is CC=CC1(C)CC1C(=O)Cl. The van der Waals surface area contributed by atoms with E-state index in [2.05, 4.69) is 13.0 Å². The Morgan fingerprint density at radius 2 is 2.40 bits per heavy atom. The fraction of sp³-hybridized carbons (Fsp3) is 0.625. The van der Waals surface area contributed by atoms with Crippen LogP contribution in [0.1, 0.15) is 20.3 Å². The summed E-state index contributed by atoms with van der Waals surface area (Å²) in [5.41, 5.74) is 0.0770. The van der Waals surface area contributed by atoms with Crippen LogP contribution in [0.15, 0.2) is 12.2 Å². The van der Waals surface area contributed by atoms with E-state index in [0.29, 0.717) is 0 Å². The van der Waals surface area contributed by atoms with Gasteiger partial charge in [-0.3, -0.25) is 4.79 Å². The van der Waals surface area contributed by atoms with E-state index >= 15 is 0 Å². The predicted octanol–water partition coefficient (Wildman–Crippen LogP) is 2.35. The molecule has 1 nitrogen and oxygen atoms in total. The third-order valence-corrected chi connectivity index (χ3v) is 2.36. The van der Waals surface area contributed by atoms with Crippen LogP contribution in [0.3, 0.4) is 0 Å². The van der Waals surface area contributed by atoms with Crippen molar-refractivity contribution in [2.24, 2.45) is 11.3 Å². The van der Waals surface area contributed by atoms with E-state index in [-0.39, 0.29) is 16.6 Å². The zero-order valence-electron chi connectivity index (χ0n) is 6.23. The van der Waals surface area contributed by atoms with Crippen molar-refractivity contribution in [1.29, 1.82) is 0 Å². The van der Waals surface area contributed by atoms with Crippen LogP contribution in [-0.4, -0.2) is 5.24 Å². The van der Waals surface area contributed by atoms with Crippen molar-refractivity contribution < 1.29 is 4.79 Å². The van der Waals surface area contributed by atoms with E-state index in [1.54, 1.807) is 0 Å². The fourth-order valence-electron chi connectivity index (χ4n) is 1.29. The Morgan fingerprint density at radius 1 is 1.80 bits per heavy atom. The molecule has 2 atom stereocenters. The number of carbonyl (C=O) groups excluding carboxylic acids is 1. The van der Waals surface area contributed by atoms with Crippen LogP contribution in [0.5, 0.6) is 0 Å². The lowest BCUT2D eigenvalue weighted by molar-refractivity contribution is -0.113. The summed E-state index contributed by atoms with van der Waals surface area (Å²) in [6.45, 7) is 4.01. The molecule has 0 radical (unpaired) electrons. The van der Waals surface area contributed by atoms with Crippen molar-refractivity contribution in [3.05, 3.63) is 12.2 Å². The van der Waals surface area contributed by atoms with Gasteiger partial charge in [0.05, 0.1) is 0 Å². The molecule has 1 aliphatic carbocycles. The van der Waals surface area contributed by atoms with Gasteiger partial charge in [-0.15, -0.1) is 0 Å². The second-order valence-electron chi connectivity index (χ2n) is 3.07. The van der Waals surface area contributed by atoms with Crippen molar-refractivity contribution in [2.75, 3.05) is 0 Å². The van der Waals surface area contributed by atoms with Crippen molar-refractivity contribution in [2.45, 2.75) is 20.3 Å². The fourth-order valence-corrected chi connectivity index (χ4v) is 1.61. The highest BCUT2D eigenvalue weighted by Gasteiger charge is 2.51. The van der Waals surface area contributed by atoms with Crippen LogP contribution in [0.25, 0.3) is 0 Å². The molecule has 0 aromatic heterocycles. The van der Waals surface area contributed by atoms with Gasteiger partial charge in [-0.25, -0.2) is 0 Å². The quantitative estimate of drug-likeness (QED) is 0.446. The van der Waals surface area contributed by atoms with Gasteiger partial charge in [0.1, 0.15) is 0 Å². The maximum Gasteiger partial charge on any atom is 0.225 e. The lowest BCUT2D eigenvalue weighted by atomic mass is 10.1. The number of carbonyl (C=O) groups is 1. The molecule has 0 N–H and O–H groups in total. The van der Waals surface area contributed by atoms with Crippen LogP contribution < -0.4 is 0 Å². The van der Waals surface area contributed by atoms with Crippen molar-refractivity contribution in [3.63, 3.8) is 0 Å². The van der Waals surface area contributed by atoms with Gasteiger partial charge < -0.3 is 0 Å². The average molecular weight is 159 g/mol. The summed E-state index contributed by atoms with van der Waals surface area (Å²) >= 11 is 5.32. The topological polar surface area (TPSA) is 17.1 Å². The Kier molecular flexibility index (Phi) is 1.86. The van der Waals surface area contributed by atoms with Gasteiger partial charge in [-0.2, -0.15) is 0 Å². The lowest BCUT2D eigenvalue weighted by Crippen LogP contribution is -1.98. The summed E-state index contributed by atoms with van der Waals surface area (Å²) in [6, 6.07) is 0.